The average Bonchev–Trinajstić information content (AvgIpc) is 2.36. The fraction of sp³-hybridized carbons (Fsp3) is 0.938. The standard InChI is InChI=1S/C16H33N3O/c1-13(2)8-17-10-15-6-5-7-19(11-15)12-16(20)18-9-14(3)4/h13-15,17H,5-12H2,1-4H3,(H,18,20). The molecule has 4 heteroatoms. The van der Waals surface area contributed by atoms with E-state index in [1.54, 1.807) is 0 Å². The van der Waals surface area contributed by atoms with Crippen LogP contribution in [0.3, 0.4) is 0 Å². The summed E-state index contributed by atoms with van der Waals surface area (Å²) in [6.45, 7) is 14.4. The molecule has 1 heterocycles. The summed E-state index contributed by atoms with van der Waals surface area (Å²) in [7, 11) is 0. The predicted molar refractivity (Wildman–Crippen MR) is 84.7 cm³/mol. The maximum Gasteiger partial charge on any atom is 0.234 e. The van der Waals surface area contributed by atoms with E-state index in [2.05, 4.69) is 43.2 Å². The molecule has 0 aliphatic carbocycles. The highest BCUT2D eigenvalue weighted by Gasteiger charge is 2.21. The lowest BCUT2D eigenvalue weighted by molar-refractivity contribution is -0.122. The van der Waals surface area contributed by atoms with Gasteiger partial charge in [-0.3, -0.25) is 9.69 Å². The molecular formula is C16H33N3O. The Morgan fingerprint density at radius 2 is 1.90 bits per heavy atom. The molecule has 1 aliphatic rings. The lowest BCUT2D eigenvalue weighted by atomic mass is 9.98. The van der Waals surface area contributed by atoms with Gasteiger partial charge in [-0.15, -0.1) is 0 Å². The minimum atomic E-state index is 0.175. The molecule has 1 atom stereocenters. The lowest BCUT2D eigenvalue weighted by Gasteiger charge is -2.32. The van der Waals surface area contributed by atoms with Gasteiger partial charge >= 0.3 is 0 Å². The maximum atomic E-state index is 11.9. The quantitative estimate of drug-likeness (QED) is 0.713. The molecule has 4 nitrogen and oxygen atoms in total. The molecule has 1 unspecified atom stereocenters. The monoisotopic (exact) mass is 283 g/mol. The van der Waals surface area contributed by atoms with E-state index in [0.29, 0.717) is 24.3 Å². The molecule has 1 amide bonds. The van der Waals surface area contributed by atoms with Crippen LogP contribution in [0.2, 0.25) is 0 Å². The molecule has 0 aromatic rings. The van der Waals surface area contributed by atoms with Crippen molar-refractivity contribution in [2.24, 2.45) is 17.8 Å². The summed E-state index contributed by atoms with van der Waals surface area (Å²) in [5, 5.41) is 6.55. The molecule has 0 saturated carbocycles. The molecule has 1 aliphatic heterocycles. The Labute approximate surface area is 124 Å². The minimum absolute atomic E-state index is 0.175. The number of nitrogens with one attached hydrogen (secondary N) is 2. The van der Waals surface area contributed by atoms with Gasteiger partial charge in [-0.05, 0) is 50.2 Å². The highest BCUT2D eigenvalue weighted by molar-refractivity contribution is 5.78. The Hall–Kier alpha value is -0.610. The van der Waals surface area contributed by atoms with Crippen LogP contribution in [0.4, 0.5) is 0 Å². The molecule has 20 heavy (non-hydrogen) atoms. The van der Waals surface area contributed by atoms with E-state index in [-0.39, 0.29) is 5.91 Å². The summed E-state index contributed by atoms with van der Waals surface area (Å²) in [5.41, 5.74) is 0. The summed E-state index contributed by atoms with van der Waals surface area (Å²) in [6, 6.07) is 0. The van der Waals surface area contributed by atoms with Crippen LogP contribution in [-0.2, 0) is 4.79 Å². The smallest absolute Gasteiger partial charge is 0.234 e. The number of rotatable bonds is 8. The maximum absolute atomic E-state index is 11.9. The van der Waals surface area contributed by atoms with Crippen molar-refractivity contribution in [3.63, 3.8) is 0 Å². The van der Waals surface area contributed by atoms with Gasteiger partial charge in [0.2, 0.25) is 5.91 Å². The van der Waals surface area contributed by atoms with Gasteiger partial charge in [0, 0.05) is 13.1 Å². The molecule has 1 saturated heterocycles. The molecular weight excluding hydrogens is 250 g/mol. The molecule has 0 bridgehead atoms. The summed E-state index contributed by atoms with van der Waals surface area (Å²) in [4.78, 5) is 14.2. The van der Waals surface area contributed by atoms with E-state index in [9.17, 15) is 4.79 Å². The van der Waals surface area contributed by atoms with Crippen molar-refractivity contribution in [1.29, 1.82) is 0 Å². The van der Waals surface area contributed by atoms with E-state index < -0.39 is 0 Å². The Kier molecular flexibility index (Phi) is 8.15. The second-order valence-electron chi connectivity index (χ2n) is 6.99. The molecule has 118 valence electrons. The number of amides is 1. The summed E-state index contributed by atoms with van der Waals surface area (Å²) in [5.74, 6) is 2.10. The molecule has 1 fully saturated rings. The highest BCUT2D eigenvalue weighted by Crippen LogP contribution is 2.15. The van der Waals surface area contributed by atoms with Gasteiger partial charge in [0.1, 0.15) is 0 Å². The van der Waals surface area contributed by atoms with E-state index >= 15 is 0 Å². The first-order valence-electron chi connectivity index (χ1n) is 8.17. The number of nitrogens with zero attached hydrogens (tertiary/aromatic N) is 1. The van der Waals surface area contributed by atoms with Crippen molar-refractivity contribution in [2.75, 3.05) is 39.3 Å². The highest BCUT2D eigenvalue weighted by atomic mass is 16.2. The third-order valence-electron chi connectivity index (χ3n) is 3.66. The van der Waals surface area contributed by atoms with E-state index in [1.165, 1.54) is 12.8 Å². The van der Waals surface area contributed by atoms with Crippen LogP contribution in [0.25, 0.3) is 0 Å². The van der Waals surface area contributed by atoms with Crippen LogP contribution in [0.5, 0.6) is 0 Å². The largest absolute Gasteiger partial charge is 0.355 e. The van der Waals surface area contributed by atoms with Gasteiger partial charge in [-0.1, -0.05) is 27.7 Å². The van der Waals surface area contributed by atoms with Crippen LogP contribution in [0.1, 0.15) is 40.5 Å². The van der Waals surface area contributed by atoms with Crippen LogP contribution in [0, 0.1) is 17.8 Å². The van der Waals surface area contributed by atoms with Gasteiger partial charge in [0.25, 0.3) is 0 Å². The van der Waals surface area contributed by atoms with Crippen molar-refractivity contribution in [3.05, 3.63) is 0 Å². The lowest BCUT2D eigenvalue weighted by Crippen LogP contribution is -2.45. The molecule has 2 N–H and O–H groups in total. The van der Waals surface area contributed by atoms with Crippen molar-refractivity contribution in [2.45, 2.75) is 40.5 Å². The van der Waals surface area contributed by atoms with Crippen LogP contribution < -0.4 is 10.6 Å². The topological polar surface area (TPSA) is 44.4 Å². The third kappa shape index (κ3) is 7.85. The van der Waals surface area contributed by atoms with Gasteiger partial charge in [0.15, 0.2) is 0 Å². The van der Waals surface area contributed by atoms with Crippen LogP contribution in [-0.4, -0.2) is 50.1 Å². The number of hydrogen-bond donors (Lipinski definition) is 2. The Morgan fingerprint density at radius 1 is 1.20 bits per heavy atom. The van der Waals surface area contributed by atoms with E-state index in [4.69, 9.17) is 0 Å². The van der Waals surface area contributed by atoms with Gasteiger partial charge in [-0.25, -0.2) is 0 Å². The molecule has 0 aromatic carbocycles. The number of carbonyl (C=O) groups excluding carboxylic acids is 1. The van der Waals surface area contributed by atoms with Crippen molar-refractivity contribution >= 4 is 5.91 Å². The van der Waals surface area contributed by atoms with Crippen molar-refractivity contribution in [1.82, 2.24) is 15.5 Å². The van der Waals surface area contributed by atoms with Gasteiger partial charge in [-0.2, -0.15) is 0 Å². The second-order valence-corrected chi connectivity index (χ2v) is 6.99. The summed E-state index contributed by atoms with van der Waals surface area (Å²) < 4.78 is 0. The first kappa shape index (κ1) is 17.4. The number of piperidine rings is 1. The number of likely N-dealkylation sites (tertiary alicyclic amines) is 1. The minimum Gasteiger partial charge on any atom is -0.355 e. The molecule has 0 radical (unpaired) electrons. The molecule has 0 aromatic heterocycles. The van der Waals surface area contributed by atoms with Gasteiger partial charge < -0.3 is 10.6 Å². The zero-order chi connectivity index (χ0) is 15.0. The number of hydrogen-bond acceptors (Lipinski definition) is 3. The average molecular weight is 283 g/mol. The Morgan fingerprint density at radius 3 is 2.55 bits per heavy atom. The van der Waals surface area contributed by atoms with E-state index in [0.717, 1.165) is 32.7 Å². The summed E-state index contributed by atoms with van der Waals surface area (Å²) >= 11 is 0. The molecule has 0 spiro atoms. The SMILES string of the molecule is CC(C)CNCC1CCCN(CC(=O)NCC(C)C)C1. The van der Waals surface area contributed by atoms with E-state index in [1.807, 2.05) is 0 Å². The third-order valence-corrected chi connectivity index (χ3v) is 3.66. The first-order valence-corrected chi connectivity index (χ1v) is 8.17. The first-order chi connectivity index (χ1) is 9.47. The predicted octanol–water partition coefficient (Wildman–Crippen LogP) is 1.72. The fourth-order valence-corrected chi connectivity index (χ4v) is 2.61. The summed E-state index contributed by atoms with van der Waals surface area (Å²) in [6.07, 6.45) is 2.50. The van der Waals surface area contributed by atoms with Crippen molar-refractivity contribution < 1.29 is 4.79 Å². The zero-order valence-corrected chi connectivity index (χ0v) is 13.7. The van der Waals surface area contributed by atoms with Crippen molar-refractivity contribution in [3.8, 4) is 0 Å². The zero-order valence-electron chi connectivity index (χ0n) is 13.7. The Bertz CT molecular complexity index is 279. The van der Waals surface area contributed by atoms with Crippen LogP contribution >= 0.6 is 0 Å². The van der Waals surface area contributed by atoms with Gasteiger partial charge in [0.05, 0.1) is 6.54 Å². The fourth-order valence-electron chi connectivity index (χ4n) is 2.61. The molecule has 1 rings (SSSR count). The van der Waals surface area contributed by atoms with Crippen LogP contribution in [0.15, 0.2) is 0 Å². The second kappa shape index (κ2) is 9.35. The normalized spacial score (nSPS) is 20.6. The Balaban J connectivity index is 2.21. The number of carbonyl (C=O) groups is 1.